The molecule has 11 heavy (non-hydrogen) atoms. The summed E-state index contributed by atoms with van der Waals surface area (Å²) >= 11 is 0. The highest BCUT2D eigenvalue weighted by Crippen LogP contribution is 2.03. The molecule has 2 heteroatoms. The number of likely N-dealkylation sites (N-methyl/N-ethyl adjacent to an activating group) is 1. The molecule has 0 unspecified atom stereocenters. The van der Waals surface area contributed by atoms with Crippen molar-refractivity contribution in [2.75, 3.05) is 33.2 Å². The van der Waals surface area contributed by atoms with Crippen LogP contribution in [0.25, 0.3) is 0 Å². The van der Waals surface area contributed by atoms with Crippen molar-refractivity contribution in [2.24, 2.45) is 0 Å². The molecule has 0 radical (unpaired) electrons. The Labute approximate surface area is 69.2 Å². The SMILES string of the molecule is C#C[C@@H](C)N1CCN(C)CC1. The second kappa shape index (κ2) is 3.75. The maximum Gasteiger partial charge on any atom is 0.0684 e. The monoisotopic (exact) mass is 152 g/mol. The number of rotatable bonds is 1. The lowest BCUT2D eigenvalue weighted by atomic mass is 10.2. The van der Waals surface area contributed by atoms with Gasteiger partial charge in [-0.1, -0.05) is 5.92 Å². The fourth-order valence-electron chi connectivity index (χ4n) is 1.31. The number of nitrogens with zero attached hydrogens (tertiary/aromatic N) is 2. The van der Waals surface area contributed by atoms with Crippen LogP contribution in [0.2, 0.25) is 0 Å². The van der Waals surface area contributed by atoms with Gasteiger partial charge < -0.3 is 4.90 Å². The average molecular weight is 152 g/mol. The maximum absolute atomic E-state index is 5.33. The van der Waals surface area contributed by atoms with Crippen molar-refractivity contribution in [3.63, 3.8) is 0 Å². The van der Waals surface area contributed by atoms with Crippen molar-refractivity contribution in [3.8, 4) is 12.3 Å². The Hall–Kier alpha value is -0.520. The van der Waals surface area contributed by atoms with Gasteiger partial charge in [-0.05, 0) is 14.0 Å². The molecule has 1 heterocycles. The molecule has 2 nitrogen and oxygen atoms in total. The molecule has 0 bridgehead atoms. The maximum atomic E-state index is 5.33. The molecule has 0 aliphatic carbocycles. The summed E-state index contributed by atoms with van der Waals surface area (Å²) in [7, 11) is 2.15. The van der Waals surface area contributed by atoms with Gasteiger partial charge in [-0.15, -0.1) is 6.42 Å². The molecule has 62 valence electrons. The van der Waals surface area contributed by atoms with Gasteiger partial charge >= 0.3 is 0 Å². The van der Waals surface area contributed by atoms with Crippen molar-refractivity contribution in [1.29, 1.82) is 0 Å². The minimum Gasteiger partial charge on any atom is -0.304 e. The Morgan fingerprint density at radius 1 is 1.27 bits per heavy atom. The Bertz CT molecular complexity index is 151. The average Bonchev–Trinajstić information content (AvgIpc) is 2.05. The summed E-state index contributed by atoms with van der Waals surface area (Å²) in [5.74, 6) is 2.76. The Balaban J connectivity index is 2.34. The quantitative estimate of drug-likeness (QED) is 0.497. The summed E-state index contributed by atoms with van der Waals surface area (Å²) in [5.41, 5.74) is 0. The zero-order valence-corrected chi connectivity index (χ0v) is 7.38. The van der Waals surface area contributed by atoms with Crippen LogP contribution in [0, 0.1) is 12.3 Å². The van der Waals surface area contributed by atoms with Gasteiger partial charge in [0, 0.05) is 26.2 Å². The fourth-order valence-corrected chi connectivity index (χ4v) is 1.31. The van der Waals surface area contributed by atoms with Crippen LogP contribution in [0.15, 0.2) is 0 Å². The summed E-state index contributed by atoms with van der Waals surface area (Å²) in [6.07, 6.45) is 5.33. The largest absolute Gasteiger partial charge is 0.304 e. The molecule has 1 aliphatic heterocycles. The number of terminal acetylenes is 1. The first-order valence-corrected chi connectivity index (χ1v) is 4.13. The van der Waals surface area contributed by atoms with Gasteiger partial charge in [0.2, 0.25) is 0 Å². The van der Waals surface area contributed by atoms with Crippen molar-refractivity contribution < 1.29 is 0 Å². The summed E-state index contributed by atoms with van der Waals surface area (Å²) in [6, 6.07) is 0.309. The molecule has 1 fully saturated rings. The smallest absolute Gasteiger partial charge is 0.0684 e. The van der Waals surface area contributed by atoms with Gasteiger partial charge in [0.1, 0.15) is 0 Å². The van der Waals surface area contributed by atoms with Crippen LogP contribution in [0.4, 0.5) is 0 Å². The van der Waals surface area contributed by atoms with Gasteiger partial charge in [-0.25, -0.2) is 0 Å². The van der Waals surface area contributed by atoms with E-state index in [1.165, 1.54) is 0 Å². The zero-order chi connectivity index (χ0) is 8.27. The predicted molar refractivity (Wildman–Crippen MR) is 47.4 cm³/mol. The van der Waals surface area contributed by atoms with E-state index >= 15 is 0 Å². The van der Waals surface area contributed by atoms with E-state index < -0.39 is 0 Å². The van der Waals surface area contributed by atoms with E-state index in [4.69, 9.17) is 6.42 Å². The van der Waals surface area contributed by atoms with Crippen molar-refractivity contribution in [3.05, 3.63) is 0 Å². The highest BCUT2D eigenvalue weighted by atomic mass is 15.3. The van der Waals surface area contributed by atoms with Crippen molar-refractivity contribution >= 4 is 0 Å². The molecule has 0 saturated carbocycles. The summed E-state index contributed by atoms with van der Waals surface area (Å²) in [4.78, 5) is 4.68. The molecular formula is C9H16N2. The second-order valence-corrected chi connectivity index (χ2v) is 3.18. The minimum absolute atomic E-state index is 0.309. The van der Waals surface area contributed by atoms with Crippen LogP contribution in [0.1, 0.15) is 6.92 Å². The van der Waals surface area contributed by atoms with E-state index in [9.17, 15) is 0 Å². The normalized spacial score (nSPS) is 24.5. The van der Waals surface area contributed by atoms with Crippen molar-refractivity contribution in [2.45, 2.75) is 13.0 Å². The first kappa shape index (κ1) is 8.58. The number of hydrogen-bond donors (Lipinski definition) is 0. The molecule has 0 amide bonds. The number of piperazine rings is 1. The highest BCUT2D eigenvalue weighted by molar-refractivity contribution is 4.98. The van der Waals surface area contributed by atoms with E-state index in [-0.39, 0.29) is 0 Å². The lowest BCUT2D eigenvalue weighted by Gasteiger charge is -2.34. The molecule has 0 aromatic carbocycles. The standard InChI is InChI=1S/C9H16N2/c1-4-9(2)11-7-5-10(3)6-8-11/h1,9H,5-8H2,2-3H3/t9-/m1/s1. The molecule has 1 rings (SSSR count). The van der Waals surface area contributed by atoms with Crippen LogP contribution in [-0.2, 0) is 0 Å². The van der Waals surface area contributed by atoms with Crippen LogP contribution >= 0.6 is 0 Å². The van der Waals surface area contributed by atoms with E-state index in [1.54, 1.807) is 0 Å². The Kier molecular flexibility index (Phi) is 2.92. The van der Waals surface area contributed by atoms with Crippen LogP contribution in [-0.4, -0.2) is 49.1 Å². The summed E-state index contributed by atoms with van der Waals surface area (Å²) < 4.78 is 0. The summed E-state index contributed by atoms with van der Waals surface area (Å²) in [5, 5.41) is 0. The molecule has 1 aliphatic rings. The lowest BCUT2D eigenvalue weighted by molar-refractivity contribution is 0.139. The Morgan fingerprint density at radius 2 is 1.82 bits per heavy atom. The van der Waals surface area contributed by atoms with Gasteiger partial charge in [-0.3, -0.25) is 4.90 Å². The minimum atomic E-state index is 0.309. The third-order valence-electron chi connectivity index (χ3n) is 2.33. The molecule has 1 saturated heterocycles. The van der Waals surface area contributed by atoms with E-state index in [2.05, 4.69) is 29.7 Å². The first-order chi connectivity index (χ1) is 5.24. The molecule has 0 aromatic heterocycles. The summed E-state index contributed by atoms with van der Waals surface area (Å²) in [6.45, 7) is 6.60. The molecule has 0 spiro atoms. The van der Waals surface area contributed by atoms with Gasteiger partial charge in [0.15, 0.2) is 0 Å². The third-order valence-corrected chi connectivity index (χ3v) is 2.33. The van der Waals surface area contributed by atoms with Crippen molar-refractivity contribution in [1.82, 2.24) is 9.80 Å². The van der Waals surface area contributed by atoms with Crippen LogP contribution in [0.3, 0.4) is 0 Å². The molecule has 0 N–H and O–H groups in total. The van der Waals surface area contributed by atoms with Gasteiger partial charge in [0.25, 0.3) is 0 Å². The van der Waals surface area contributed by atoms with Gasteiger partial charge in [0.05, 0.1) is 6.04 Å². The van der Waals surface area contributed by atoms with Crippen LogP contribution in [0.5, 0.6) is 0 Å². The molecule has 1 atom stereocenters. The van der Waals surface area contributed by atoms with Crippen LogP contribution < -0.4 is 0 Å². The fraction of sp³-hybridized carbons (Fsp3) is 0.778. The second-order valence-electron chi connectivity index (χ2n) is 3.18. The molecule has 0 aromatic rings. The van der Waals surface area contributed by atoms with Gasteiger partial charge in [-0.2, -0.15) is 0 Å². The van der Waals surface area contributed by atoms with E-state index in [0.717, 1.165) is 26.2 Å². The number of hydrogen-bond acceptors (Lipinski definition) is 2. The first-order valence-electron chi connectivity index (χ1n) is 4.13. The van der Waals surface area contributed by atoms with E-state index in [0.29, 0.717) is 6.04 Å². The third kappa shape index (κ3) is 2.21. The Morgan fingerprint density at radius 3 is 2.27 bits per heavy atom. The highest BCUT2D eigenvalue weighted by Gasteiger charge is 2.16. The zero-order valence-electron chi connectivity index (χ0n) is 7.38. The topological polar surface area (TPSA) is 6.48 Å². The molecular weight excluding hydrogens is 136 g/mol. The lowest BCUT2D eigenvalue weighted by Crippen LogP contribution is -2.47. The predicted octanol–water partition coefficient (Wildman–Crippen LogP) is 0.256. The van der Waals surface area contributed by atoms with E-state index in [1.807, 2.05) is 0 Å².